The molecule has 0 N–H and O–H groups in total. The molecule has 7 heteroatoms. The fraction of sp³-hybridized carbons (Fsp3) is 0.250. The Labute approximate surface area is 93.3 Å². The molecule has 15 heavy (non-hydrogen) atoms. The molecule has 80 valence electrons. The van der Waals surface area contributed by atoms with E-state index in [1.165, 1.54) is 12.1 Å². The van der Waals surface area contributed by atoms with E-state index < -0.39 is 9.85 Å². The lowest BCUT2D eigenvalue weighted by atomic mass is 10.1. The van der Waals surface area contributed by atoms with Crippen LogP contribution in [0.4, 0.5) is 11.4 Å². The standard InChI is InChI=1S/C8H7BrN2O4/c9-4-3-6-1-2-7(10(12)13)5-8(6)11(14)15/h1-2,5H,3-4H2. The third-order valence-corrected chi connectivity index (χ3v) is 2.24. The van der Waals surface area contributed by atoms with E-state index in [9.17, 15) is 20.2 Å². The summed E-state index contributed by atoms with van der Waals surface area (Å²) in [5.41, 5.74) is 0.0196. The number of rotatable bonds is 4. The molecule has 0 aliphatic rings. The number of hydrogen-bond acceptors (Lipinski definition) is 4. The summed E-state index contributed by atoms with van der Waals surface area (Å²) in [6.07, 6.45) is 0.467. The average Bonchev–Trinajstić information content (AvgIpc) is 2.18. The Hall–Kier alpha value is -1.50. The van der Waals surface area contributed by atoms with Crippen molar-refractivity contribution in [3.8, 4) is 0 Å². The molecule has 6 nitrogen and oxygen atoms in total. The first-order valence-electron chi connectivity index (χ1n) is 4.04. The van der Waals surface area contributed by atoms with Gasteiger partial charge in [0, 0.05) is 17.0 Å². The lowest BCUT2D eigenvalue weighted by Crippen LogP contribution is -1.98. The molecular formula is C8H7BrN2O4. The Morgan fingerprint density at radius 2 is 1.87 bits per heavy atom. The molecule has 0 aliphatic heterocycles. The molecule has 0 unspecified atom stereocenters. The van der Waals surface area contributed by atoms with Crippen LogP contribution in [0.3, 0.4) is 0 Å². The summed E-state index contributed by atoms with van der Waals surface area (Å²) in [7, 11) is 0. The van der Waals surface area contributed by atoms with Gasteiger partial charge in [-0.15, -0.1) is 0 Å². The molecule has 1 aromatic rings. The minimum absolute atomic E-state index is 0.205. The SMILES string of the molecule is O=[N+]([O-])c1ccc(CCBr)c([N+](=O)[O-])c1. The van der Waals surface area contributed by atoms with Gasteiger partial charge in [0.15, 0.2) is 0 Å². The molecule has 1 aromatic carbocycles. The van der Waals surface area contributed by atoms with Crippen LogP contribution in [0.1, 0.15) is 5.56 Å². The van der Waals surface area contributed by atoms with E-state index in [2.05, 4.69) is 15.9 Å². The van der Waals surface area contributed by atoms with Gasteiger partial charge in [-0.25, -0.2) is 0 Å². The zero-order chi connectivity index (χ0) is 11.4. The summed E-state index contributed by atoms with van der Waals surface area (Å²) in [5.74, 6) is 0. The van der Waals surface area contributed by atoms with Gasteiger partial charge in [0.25, 0.3) is 11.4 Å². The molecule has 0 heterocycles. The first-order valence-corrected chi connectivity index (χ1v) is 5.16. The third-order valence-electron chi connectivity index (χ3n) is 1.84. The van der Waals surface area contributed by atoms with Crippen molar-refractivity contribution in [2.45, 2.75) is 6.42 Å². The van der Waals surface area contributed by atoms with E-state index in [4.69, 9.17) is 0 Å². The maximum Gasteiger partial charge on any atom is 0.279 e. The Balaban J connectivity index is 3.20. The van der Waals surface area contributed by atoms with Crippen LogP contribution in [0, 0.1) is 20.2 Å². The maximum atomic E-state index is 10.6. The summed E-state index contributed by atoms with van der Waals surface area (Å²) in [4.78, 5) is 19.8. The molecule has 0 fully saturated rings. The van der Waals surface area contributed by atoms with Crippen LogP contribution >= 0.6 is 15.9 Å². The van der Waals surface area contributed by atoms with Crippen LogP contribution in [0.25, 0.3) is 0 Å². The molecule has 1 rings (SSSR count). The zero-order valence-electron chi connectivity index (χ0n) is 7.55. The predicted octanol–water partition coefficient (Wildman–Crippen LogP) is 2.44. The van der Waals surface area contributed by atoms with Gasteiger partial charge in [0.1, 0.15) is 0 Å². The Bertz CT molecular complexity index is 408. The first-order chi connectivity index (χ1) is 7.06. The highest BCUT2D eigenvalue weighted by atomic mass is 79.9. The van der Waals surface area contributed by atoms with Gasteiger partial charge in [0.05, 0.1) is 15.9 Å². The molecular weight excluding hydrogens is 268 g/mol. The minimum Gasteiger partial charge on any atom is -0.258 e. The van der Waals surface area contributed by atoms with Crippen LogP contribution in [0.15, 0.2) is 18.2 Å². The van der Waals surface area contributed by atoms with Gasteiger partial charge in [-0.2, -0.15) is 0 Å². The number of nitro benzene ring substituents is 2. The van der Waals surface area contributed by atoms with Crippen molar-refractivity contribution >= 4 is 27.3 Å². The van der Waals surface area contributed by atoms with Crippen molar-refractivity contribution in [1.82, 2.24) is 0 Å². The summed E-state index contributed by atoms with van der Waals surface area (Å²) < 4.78 is 0. The van der Waals surface area contributed by atoms with Gasteiger partial charge < -0.3 is 0 Å². The van der Waals surface area contributed by atoms with E-state index in [0.717, 1.165) is 6.07 Å². The monoisotopic (exact) mass is 274 g/mol. The van der Waals surface area contributed by atoms with Crippen molar-refractivity contribution in [3.05, 3.63) is 44.0 Å². The predicted molar refractivity (Wildman–Crippen MR) is 57.2 cm³/mol. The van der Waals surface area contributed by atoms with Crippen LogP contribution in [-0.2, 0) is 6.42 Å². The van der Waals surface area contributed by atoms with Gasteiger partial charge in [-0.1, -0.05) is 15.9 Å². The van der Waals surface area contributed by atoms with Gasteiger partial charge in [0.2, 0.25) is 0 Å². The highest BCUT2D eigenvalue weighted by Crippen LogP contribution is 2.25. The van der Waals surface area contributed by atoms with Crippen LogP contribution in [0.2, 0.25) is 0 Å². The Kier molecular flexibility index (Phi) is 3.73. The smallest absolute Gasteiger partial charge is 0.258 e. The highest BCUT2D eigenvalue weighted by molar-refractivity contribution is 9.09. The van der Waals surface area contributed by atoms with Gasteiger partial charge >= 0.3 is 0 Å². The second kappa shape index (κ2) is 4.83. The zero-order valence-corrected chi connectivity index (χ0v) is 9.14. The Morgan fingerprint density at radius 3 is 2.33 bits per heavy atom. The number of alkyl halides is 1. The molecule has 0 atom stereocenters. The summed E-state index contributed by atoms with van der Waals surface area (Å²) in [6, 6.07) is 3.67. The quantitative estimate of drug-likeness (QED) is 0.479. The fourth-order valence-corrected chi connectivity index (χ4v) is 1.58. The normalized spacial score (nSPS) is 9.93. The minimum atomic E-state index is -0.648. The van der Waals surface area contributed by atoms with E-state index >= 15 is 0 Å². The van der Waals surface area contributed by atoms with Gasteiger partial charge in [-0.05, 0) is 12.5 Å². The molecule has 0 aliphatic carbocycles. The molecule has 0 radical (unpaired) electrons. The van der Waals surface area contributed by atoms with E-state index in [1.807, 2.05) is 0 Å². The molecule has 0 saturated carbocycles. The second-order valence-electron chi connectivity index (χ2n) is 2.77. The molecule has 0 aromatic heterocycles. The second-order valence-corrected chi connectivity index (χ2v) is 3.56. The van der Waals surface area contributed by atoms with E-state index in [0.29, 0.717) is 17.3 Å². The van der Waals surface area contributed by atoms with Crippen molar-refractivity contribution in [3.63, 3.8) is 0 Å². The largest absolute Gasteiger partial charge is 0.279 e. The van der Waals surface area contributed by atoms with Crippen molar-refractivity contribution < 1.29 is 9.85 Å². The topological polar surface area (TPSA) is 86.3 Å². The Morgan fingerprint density at radius 1 is 1.20 bits per heavy atom. The number of hydrogen-bond donors (Lipinski definition) is 0. The summed E-state index contributed by atoms with van der Waals surface area (Å²) >= 11 is 3.16. The molecule has 0 amide bonds. The third kappa shape index (κ3) is 2.72. The van der Waals surface area contributed by atoms with Crippen LogP contribution in [-0.4, -0.2) is 15.2 Å². The number of non-ortho nitro benzene ring substituents is 1. The number of benzene rings is 1. The highest BCUT2D eigenvalue weighted by Gasteiger charge is 2.18. The molecule has 0 saturated heterocycles. The lowest BCUT2D eigenvalue weighted by Gasteiger charge is -1.99. The van der Waals surface area contributed by atoms with Gasteiger partial charge in [-0.3, -0.25) is 20.2 Å². The number of halogens is 1. The molecule has 0 spiro atoms. The fourth-order valence-electron chi connectivity index (χ4n) is 1.15. The summed E-state index contributed by atoms with van der Waals surface area (Å²) in [6.45, 7) is 0. The first kappa shape index (κ1) is 11.6. The number of aryl methyl sites for hydroxylation is 1. The number of nitrogens with zero attached hydrogens (tertiary/aromatic N) is 2. The lowest BCUT2D eigenvalue weighted by molar-refractivity contribution is -0.394. The van der Waals surface area contributed by atoms with Crippen molar-refractivity contribution in [1.29, 1.82) is 0 Å². The van der Waals surface area contributed by atoms with Crippen molar-refractivity contribution in [2.75, 3.05) is 5.33 Å². The van der Waals surface area contributed by atoms with E-state index in [1.54, 1.807) is 0 Å². The van der Waals surface area contributed by atoms with E-state index in [-0.39, 0.29) is 11.4 Å². The van der Waals surface area contributed by atoms with Crippen molar-refractivity contribution in [2.24, 2.45) is 0 Å². The maximum absolute atomic E-state index is 10.6. The summed E-state index contributed by atoms with van der Waals surface area (Å²) in [5, 5.41) is 21.6. The average molecular weight is 275 g/mol. The van der Waals surface area contributed by atoms with Crippen LogP contribution in [0.5, 0.6) is 0 Å². The number of nitro groups is 2. The van der Waals surface area contributed by atoms with Crippen LogP contribution < -0.4 is 0 Å². The molecule has 0 bridgehead atoms.